The first-order chi connectivity index (χ1) is 11.7. The minimum atomic E-state index is -2.61. The molecule has 0 spiro atoms. The first-order valence-electron chi connectivity index (χ1n) is 9.37. The molecule has 3 fully saturated rings. The Balaban J connectivity index is 1.38. The fourth-order valence-corrected chi connectivity index (χ4v) is 5.63. The number of ether oxygens (including phenoxy) is 1. The Morgan fingerprint density at radius 1 is 1.00 bits per heavy atom. The number of alkyl halides is 2. The van der Waals surface area contributed by atoms with Crippen LogP contribution in [0.2, 0.25) is 0 Å². The number of hydrogen-bond acceptors (Lipinski definition) is 2. The fourth-order valence-electron chi connectivity index (χ4n) is 5.63. The summed E-state index contributed by atoms with van der Waals surface area (Å²) in [5.41, 5.74) is 1.39. The van der Waals surface area contributed by atoms with E-state index >= 15 is 0 Å². The molecule has 0 aromatic heterocycles. The normalized spacial score (nSPS) is 36.5. The van der Waals surface area contributed by atoms with E-state index in [1.165, 1.54) is 24.9 Å². The largest absolute Gasteiger partial charge is 0.345 e. The molecular formula is C20H27F2NO. The van der Waals surface area contributed by atoms with Crippen LogP contribution in [0.4, 0.5) is 8.78 Å². The van der Waals surface area contributed by atoms with Crippen molar-refractivity contribution in [3.8, 4) is 0 Å². The van der Waals surface area contributed by atoms with E-state index in [0.717, 1.165) is 50.1 Å². The molecule has 1 saturated heterocycles. The van der Waals surface area contributed by atoms with Crippen LogP contribution < -0.4 is 0 Å². The second-order valence-corrected chi connectivity index (χ2v) is 8.03. The zero-order valence-electron chi connectivity index (χ0n) is 14.1. The molecule has 2 aliphatic carbocycles. The quantitative estimate of drug-likeness (QED) is 0.800. The monoisotopic (exact) mass is 335 g/mol. The molecule has 3 aliphatic rings. The fraction of sp³-hybridized carbons (Fsp3) is 0.700. The van der Waals surface area contributed by atoms with Gasteiger partial charge in [-0.25, -0.2) is 0 Å². The van der Waals surface area contributed by atoms with Crippen molar-refractivity contribution in [2.24, 2.45) is 23.7 Å². The van der Waals surface area contributed by atoms with Crippen LogP contribution in [0.25, 0.3) is 0 Å². The van der Waals surface area contributed by atoms with E-state index in [4.69, 9.17) is 4.74 Å². The van der Waals surface area contributed by atoms with Gasteiger partial charge < -0.3 is 4.74 Å². The zero-order chi connectivity index (χ0) is 16.5. The number of rotatable bonds is 4. The second kappa shape index (κ2) is 7.09. The molecule has 4 heteroatoms. The van der Waals surface area contributed by atoms with E-state index in [1.54, 1.807) is 0 Å². The minimum Gasteiger partial charge on any atom is -0.320 e. The number of likely N-dealkylation sites (tertiary alicyclic amines) is 1. The highest BCUT2D eigenvalue weighted by atomic mass is 19.3. The van der Waals surface area contributed by atoms with Crippen LogP contribution in [0.3, 0.4) is 0 Å². The maximum absolute atomic E-state index is 12.5. The van der Waals surface area contributed by atoms with Gasteiger partial charge in [0.25, 0.3) is 0 Å². The molecule has 5 atom stereocenters. The van der Waals surface area contributed by atoms with E-state index in [2.05, 4.69) is 35.2 Å². The third-order valence-corrected chi connectivity index (χ3v) is 6.42. The van der Waals surface area contributed by atoms with Crippen LogP contribution in [0.15, 0.2) is 30.3 Å². The Kier molecular flexibility index (Phi) is 4.86. The van der Waals surface area contributed by atoms with Crippen molar-refractivity contribution in [1.82, 2.24) is 4.90 Å². The van der Waals surface area contributed by atoms with Gasteiger partial charge in [-0.2, -0.15) is 8.78 Å². The van der Waals surface area contributed by atoms with Crippen LogP contribution in [0.5, 0.6) is 0 Å². The summed E-state index contributed by atoms with van der Waals surface area (Å²) in [6.45, 7) is 0.764. The lowest BCUT2D eigenvalue weighted by atomic mass is 9.60. The number of benzene rings is 1. The molecule has 1 aromatic rings. The lowest BCUT2D eigenvalue weighted by molar-refractivity contribution is -0.182. The summed E-state index contributed by atoms with van der Waals surface area (Å²) >= 11 is 0. The van der Waals surface area contributed by atoms with Gasteiger partial charge in [0.05, 0.1) is 6.10 Å². The standard InChI is InChI=1S/C20H27F2NO/c21-20(22)24-18-6-7-19-16(10-18)8-15-9-17(19)13-23(12-15)11-14-4-2-1-3-5-14/h1-5,15-20H,6-13H2. The van der Waals surface area contributed by atoms with Crippen molar-refractivity contribution in [3.05, 3.63) is 35.9 Å². The third-order valence-electron chi connectivity index (χ3n) is 6.42. The Hall–Kier alpha value is -1.00. The molecule has 132 valence electrons. The van der Waals surface area contributed by atoms with Gasteiger partial charge in [-0.1, -0.05) is 30.3 Å². The van der Waals surface area contributed by atoms with Gasteiger partial charge in [-0.15, -0.1) is 0 Å². The highest BCUT2D eigenvalue weighted by Gasteiger charge is 2.44. The Labute approximate surface area is 143 Å². The van der Waals surface area contributed by atoms with Gasteiger partial charge in [0, 0.05) is 19.6 Å². The van der Waals surface area contributed by atoms with Crippen molar-refractivity contribution >= 4 is 0 Å². The van der Waals surface area contributed by atoms with Gasteiger partial charge in [0.15, 0.2) is 0 Å². The maximum Gasteiger partial charge on any atom is 0.345 e. The molecule has 0 radical (unpaired) electrons. The topological polar surface area (TPSA) is 12.5 Å². The van der Waals surface area contributed by atoms with Crippen LogP contribution in [-0.2, 0) is 11.3 Å². The number of halogens is 2. The SMILES string of the molecule is FC(F)OC1CCC2C(CC3CC2CN(Cc2ccccc2)C3)C1. The Morgan fingerprint density at radius 2 is 1.79 bits per heavy atom. The van der Waals surface area contributed by atoms with Crippen LogP contribution in [0.1, 0.15) is 37.7 Å². The van der Waals surface area contributed by atoms with E-state index in [0.29, 0.717) is 5.92 Å². The Morgan fingerprint density at radius 3 is 2.58 bits per heavy atom. The summed E-state index contributed by atoms with van der Waals surface area (Å²) in [6, 6.07) is 10.7. The minimum absolute atomic E-state index is 0.217. The molecule has 24 heavy (non-hydrogen) atoms. The van der Waals surface area contributed by atoms with Gasteiger partial charge in [-0.05, 0) is 61.3 Å². The smallest absolute Gasteiger partial charge is 0.320 e. The molecule has 1 aromatic carbocycles. The molecule has 2 saturated carbocycles. The van der Waals surface area contributed by atoms with E-state index in [-0.39, 0.29) is 6.10 Å². The molecular weight excluding hydrogens is 308 g/mol. The number of piperidine rings is 1. The molecule has 5 unspecified atom stereocenters. The van der Waals surface area contributed by atoms with Crippen molar-refractivity contribution in [2.45, 2.75) is 51.4 Å². The van der Waals surface area contributed by atoms with Gasteiger partial charge >= 0.3 is 6.61 Å². The predicted octanol–water partition coefficient (Wildman–Crippen LogP) is 4.55. The number of hydrogen-bond donors (Lipinski definition) is 0. The summed E-state index contributed by atoms with van der Waals surface area (Å²) in [5, 5.41) is 0. The summed E-state index contributed by atoms with van der Waals surface area (Å²) in [4.78, 5) is 2.62. The average Bonchev–Trinajstić information content (AvgIpc) is 2.54. The van der Waals surface area contributed by atoms with Crippen molar-refractivity contribution in [2.75, 3.05) is 13.1 Å². The van der Waals surface area contributed by atoms with Crippen LogP contribution in [0, 0.1) is 23.7 Å². The average molecular weight is 335 g/mol. The molecule has 4 rings (SSSR count). The second-order valence-electron chi connectivity index (χ2n) is 8.03. The van der Waals surface area contributed by atoms with Crippen LogP contribution >= 0.6 is 0 Å². The van der Waals surface area contributed by atoms with Crippen LogP contribution in [-0.4, -0.2) is 30.7 Å². The van der Waals surface area contributed by atoms with Gasteiger partial charge in [0.2, 0.25) is 0 Å². The molecule has 1 heterocycles. The molecule has 0 amide bonds. The van der Waals surface area contributed by atoms with E-state index in [1.807, 2.05) is 0 Å². The highest BCUT2D eigenvalue weighted by molar-refractivity contribution is 5.14. The first-order valence-corrected chi connectivity index (χ1v) is 9.37. The lowest BCUT2D eigenvalue weighted by Crippen LogP contribution is -2.50. The summed E-state index contributed by atoms with van der Waals surface area (Å²) in [5.74, 6) is 2.81. The first kappa shape index (κ1) is 16.5. The highest BCUT2D eigenvalue weighted by Crippen LogP contribution is 2.49. The van der Waals surface area contributed by atoms with E-state index in [9.17, 15) is 8.78 Å². The predicted molar refractivity (Wildman–Crippen MR) is 89.6 cm³/mol. The molecule has 0 N–H and O–H groups in total. The van der Waals surface area contributed by atoms with Gasteiger partial charge in [-0.3, -0.25) is 4.90 Å². The number of nitrogens with zero attached hydrogens (tertiary/aromatic N) is 1. The van der Waals surface area contributed by atoms with Gasteiger partial charge in [0.1, 0.15) is 0 Å². The summed E-state index contributed by atoms with van der Waals surface area (Å²) < 4.78 is 29.8. The van der Waals surface area contributed by atoms with Crippen molar-refractivity contribution in [3.63, 3.8) is 0 Å². The molecule has 2 bridgehead atoms. The Bertz CT molecular complexity index is 538. The summed E-state index contributed by atoms with van der Waals surface area (Å²) in [7, 11) is 0. The van der Waals surface area contributed by atoms with E-state index < -0.39 is 6.61 Å². The third kappa shape index (κ3) is 3.65. The summed E-state index contributed by atoms with van der Waals surface area (Å²) in [6.07, 6.45) is 5.05. The molecule has 2 nitrogen and oxygen atoms in total. The van der Waals surface area contributed by atoms with Crippen molar-refractivity contribution in [1.29, 1.82) is 0 Å². The number of fused-ring (bicyclic) bond motifs is 4. The zero-order valence-corrected chi connectivity index (χ0v) is 14.1. The lowest BCUT2D eigenvalue weighted by Gasteiger charge is -2.51. The molecule has 1 aliphatic heterocycles. The maximum atomic E-state index is 12.5. The van der Waals surface area contributed by atoms with Crippen molar-refractivity contribution < 1.29 is 13.5 Å².